The van der Waals surface area contributed by atoms with Crippen LogP contribution in [-0.4, -0.2) is 48.3 Å². The van der Waals surface area contributed by atoms with Gasteiger partial charge in [-0.3, -0.25) is 19.2 Å². The molecule has 1 saturated heterocycles. The van der Waals surface area contributed by atoms with E-state index in [2.05, 4.69) is 0 Å². The Hall–Kier alpha value is -2.12. The molecule has 3 fully saturated rings. The van der Waals surface area contributed by atoms with Crippen molar-refractivity contribution in [1.29, 1.82) is 0 Å². The molecule has 9 atom stereocenters. The zero-order valence-electron chi connectivity index (χ0n) is 17.8. The van der Waals surface area contributed by atoms with Gasteiger partial charge in [0.15, 0.2) is 6.10 Å². The van der Waals surface area contributed by atoms with E-state index in [1.807, 2.05) is 20.8 Å². The molecule has 0 spiro atoms. The summed E-state index contributed by atoms with van der Waals surface area (Å²) in [5.74, 6) is -2.32. The van der Waals surface area contributed by atoms with E-state index in [1.54, 1.807) is 0 Å². The summed E-state index contributed by atoms with van der Waals surface area (Å²) in [5, 5.41) is 0. The normalized spacial score (nSPS) is 43.4. The first-order valence-corrected chi connectivity index (χ1v) is 10.2. The maximum absolute atomic E-state index is 12.2. The lowest BCUT2D eigenvalue weighted by Crippen LogP contribution is -2.43. The average Bonchev–Trinajstić information content (AvgIpc) is 2.89. The highest BCUT2D eigenvalue weighted by molar-refractivity contribution is 5.75. The van der Waals surface area contributed by atoms with Gasteiger partial charge in [-0.05, 0) is 18.8 Å². The molecule has 3 rings (SSSR count). The second-order valence-electron chi connectivity index (χ2n) is 9.05. The summed E-state index contributed by atoms with van der Waals surface area (Å²) in [6, 6.07) is 0. The largest absolute Gasteiger partial charge is 0.462 e. The lowest BCUT2D eigenvalue weighted by atomic mass is 9.68. The van der Waals surface area contributed by atoms with Crippen molar-refractivity contribution in [1.82, 2.24) is 0 Å². The Morgan fingerprint density at radius 1 is 0.966 bits per heavy atom. The Morgan fingerprint density at radius 2 is 1.52 bits per heavy atom. The van der Waals surface area contributed by atoms with Gasteiger partial charge >= 0.3 is 23.9 Å². The minimum absolute atomic E-state index is 0.0175. The first-order chi connectivity index (χ1) is 13.5. The second-order valence-corrected chi connectivity index (χ2v) is 9.05. The smallest absolute Gasteiger partial charge is 0.309 e. The van der Waals surface area contributed by atoms with E-state index in [0.717, 1.165) is 0 Å². The fourth-order valence-electron chi connectivity index (χ4n) is 5.97. The molecule has 1 aliphatic heterocycles. The summed E-state index contributed by atoms with van der Waals surface area (Å²) in [7, 11) is 0. The van der Waals surface area contributed by atoms with Gasteiger partial charge in [0.05, 0.1) is 5.92 Å². The summed E-state index contributed by atoms with van der Waals surface area (Å²) >= 11 is 0. The van der Waals surface area contributed by atoms with Crippen LogP contribution < -0.4 is 0 Å². The summed E-state index contributed by atoms with van der Waals surface area (Å²) in [6.07, 6.45) is -1.51. The van der Waals surface area contributed by atoms with Crippen LogP contribution in [-0.2, 0) is 38.1 Å². The van der Waals surface area contributed by atoms with Crippen LogP contribution in [0.3, 0.4) is 0 Å². The van der Waals surface area contributed by atoms with Crippen LogP contribution in [0, 0.1) is 29.1 Å². The first-order valence-electron chi connectivity index (χ1n) is 10.2. The molecule has 3 aliphatic rings. The fraction of sp³-hybridized carbons (Fsp3) is 0.810. The van der Waals surface area contributed by atoms with Crippen molar-refractivity contribution in [2.75, 3.05) is 0 Å². The van der Waals surface area contributed by atoms with Gasteiger partial charge in [-0.25, -0.2) is 0 Å². The molecule has 2 saturated carbocycles. The van der Waals surface area contributed by atoms with Crippen LogP contribution in [0.5, 0.6) is 0 Å². The van der Waals surface area contributed by atoms with Crippen LogP contribution in [0.15, 0.2) is 0 Å². The van der Waals surface area contributed by atoms with Gasteiger partial charge in [0, 0.05) is 38.0 Å². The van der Waals surface area contributed by atoms with E-state index in [-0.39, 0.29) is 35.7 Å². The van der Waals surface area contributed by atoms with Gasteiger partial charge in [0.1, 0.15) is 18.3 Å². The van der Waals surface area contributed by atoms with E-state index < -0.39 is 41.6 Å². The molecule has 0 aromatic rings. The molecule has 2 aliphatic carbocycles. The van der Waals surface area contributed by atoms with Crippen molar-refractivity contribution in [2.24, 2.45) is 29.1 Å². The Kier molecular flexibility index (Phi) is 5.66. The third kappa shape index (κ3) is 3.73. The summed E-state index contributed by atoms with van der Waals surface area (Å²) in [4.78, 5) is 47.8. The van der Waals surface area contributed by atoms with Crippen LogP contribution in [0.25, 0.3) is 0 Å². The van der Waals surface area contributed by atoms with Gasteiger partial charge in [0.25, 0.3) is 0 Å². The number of hydrogen-bond acceptors (Lipinski definition) is 8. The molecule has 0 aromatic heterocycles. The maximum atomic E-state index is 12.2. The van der Waals surface area contributed by atoms with Crippen molar-refractivity contribution in [3.05, 3.63) is 0 Å². The quantitative estimate of drug-likeness (QED) is 0.514. The second kappa shape index (κ2) is 7.61. The highest BCUT2D eigenvalue weighted by atomic mass is 16.6. The molecule has 0 radical (unpaired) electrons. The van der Waals surface area contributed by atoms with Crippen molar-refractivity contribution >= 4 is 23.9 Å². The van der Waals surface area contributed by atoms with Crippen molar-refractivity contribution in [3.8, 4) is 0 Å². The lowest BCUT2D eigenvalue weighted by molar-refractivity contribution is -0.178. The highest BCUT2D eigenvalue weighted by Crippen LogP contribution is 2.59. The molecule has 8 heteroatoms. The molecule has 0 bridgehead atoms. The van der Waals surface area contributed by atoms with E-state index in [9.17, 15) is 19.2 Å². The van der Waals surface area contributed by atoms with Crippen LogP contribution in [0.1, 0.15) is 54.4 Å². The molecule has 29 heavy (non-hydrogen) atoms. The Labute approximate surface area is 170 Å². The maximum Gasteiger partial charge on any atom is 0.309 e. The molecular weight excluding hydrogens is 380 g/mol. The molecule has 9 unspecified atom stereocenters. The zero-order valence-corrected chi connectivity index (χ0v) is 17.8. The van der Waals surface area contributed by atoms with Gasteiger partial charge < -0.3 is 18.9 Å². The standard InChI is InChI=1S/C21H30O8/c1-9-7-15-14(10(2)20(25)29-15)8-21(6)16(9)17(26-11(3)22)18(27-12(4)23)19(21)28-13(5)24/h9-10,14-19H,7-8H2,1-6H3. The van der Waals surface area contributed by atoms with Crippen molar-refractivity contribution in [2.45, 2.75) is 78.8 Å². The molecular formula is C21H30O8. The van der Waals surface area contributed by atoms with Crippen molar-refractivity contribution < 1.29 is 38.1 Å². The zero-order chi connectivity index (χ0) is 21.7. The van der Waals surface area contributed by atoms with Crippen LogP contribution in [0.4, 0.5) is 0 Å². The Morgan fingerprint density at radius 3 is 2.07 bits per heavy atom. The SMILES string of the molecule is CC(=O)OC1C(OC(C)=O)C2C(C)CC3OC(=O)C(C)C3CC2(C)C1OC(C)=O. The van der Waals surface area contributed by atoms with E-state index in [1.165, 1.54) is 20.8 Å². The highest BCUT2D eigenvalue weighted by Gasteiger charge is 2.67. The topological polar surface area (TPSA) is 105 Å². The number of esters is 4. The van der Waals surface area contributed by atoms with E-state index in [4.69, 9.17) is 18.9 Å². The predicted molar refractivity (Wildman–Crippen MR) is 99.2 cm³/mol. The molecule has 162 valence electrons. The number of rotatable bonds is 3. The van der Waals surface area contributed by atoms with Gasteiger partial charge in [-0.1, -0.05) is 20.8 Å². The molecule has 0 aromatic carbocycles. The predicted octanol–water partition coefficient (Wildman–Crippen LogP) is 2.03. The fourth-order valence-corrected chi connectivity index (χ4v) is 5.97. The van der Waals surface area contributed by atoms with Crippen molar-refractivity contribution in [3.63, 3.8) is 0 Å². The molecule has 1 heterocycles. The summed E-state index contributed by atoms with van der Waals surface area (Å²) in [6.45, 7) is 9.72. The monoisotopic (exact) mass is 410 g/mol. The third-order valence-corrected chi connectivity index (χ3v) is 6.94. The van der Waals surface area contributed by atoms with Gasteiger partial charge in [-0.2, -0.15) is 0 Å². The third-order valence-electron chi connectivity index (χ3n) is 6.94. The molecule has 8 nitrogen and oxygen atoms in total. The van der Waals surface area contributed by atoms with Crippen LogP contribution >= 0.6 is 0 Å². The van der Waals surface area contributed by atoms with Gasteiger partial charge in [-0.15, -0.1) is 0 Å². The lowest BCUT2D eigenvalue weighted by Gasteiger charge is -2.38. The summed E-state index contributed by atoms with van der Waals surface area (Å²) < 4.78 is 22.5. The van der Waals surface area contributed by atoms with Gasteiger partial charge in [0.2, 0.25) is 0 Å². The number of fused-ring (bicyclic) bond motifs is 2. The number of carbonyl (C=O) groups excluding carboxylic acids is 4. The Bertz CT molecular complexity index is 717. The number of carbonyl (C=O) groups is 4. The minimum atomic E-state index is -0.900. The van der Waals surface area contributed by atoms with E-state index >= 15 is 0 Å². The summed E-state index contributed by atoms with van der Waals surface area (Å²) in [5.41, 5.74) is -0.660. The minimum Gasteiger partial charge on any atom is -0.462 e. The Balaban J connectivity index is 2.09. The molecule has 0 amide bonds. The van der Waals surface area contributed by atoms with Crippen LogP contribution in [0.2, 0.25) is 0 Å². The number of hydrogen-bond donors (Lipinski definition) is 0. The first kappa shape index (κ1) is 21.6. The molecule has 0 N–H and O–H groups in total. The number of ether oxygens (including phenoxy) is 4. The van der Waals surface area contributed by atoms with E-state index in [0.29, 0.717) is 12.8 Å². The average molecular weight is 410 g/mol.